The van der Waals surface area contributed by atoms with Crippen LogP contribution in [0.5, 0.6) is 5.75 Å². The first kappa shape index (κ1) is 15.6. The average Bonchev–Trinajstić information content (AvgIpc) is 2.75. The van der Waals surface area contributed by atoms with Crippen LogP contribution in [0.4, 0.5) is 0 Å². The largest absolute Gasteiger partial charge is 0.494 e. The molecule has 0 aliphatic rings. The predicted molar refractivity (Wildman–Crippen MR) is 87.5 cm³/mol. The van der Waals surface area contributed by atoms with E-state index in [-0.39, 0.29) is 6.04 Å². The Bertz CT molecular complexity index is 571. The average molecular weight is 330 g/mol. The molecule has 108 valence electrons. The number of halogens is 2. The molecule has 1 unspecified atom stereocenters. The molecule has 1 atom stereocenters. The Balaban J connectivity index is 2.37. The standard InChI is InChI=1S/C15H17Cl2NOS/c1-3-18-14(12-9-13(16)20-15(12)17)10-6-5-7-11(8-10)19-4-2/h5-9,14,18H,3-4H2,1-2H3. The van der Waals surface area contributed by atoms with Gasteiger partial charge >= 0.3 is 0 Å². The molecule has 1 aromatic heterocycles. The molecule has 0 radical (unpaired) electrons. The van der Waals surface area contributed by atoms with Crippen molar-refractivity contribution in [3.05, 3.63) is 50.1 Å². The first-order chi connectivity index (χ1) is 9.65. The molecule has 0 aliphatic carbocycles. The lowest BCUT2D eigenvalue weighted by atomic mass is 10.0. The molecule has 1 N–H and O–H groups in total. The number of benzene rings is 1. The van der Waals surface area contributed by atoms with Crippen LogP contribution in [0.2, 0.25) is 8.67 Å². The fourth-order valence-electron chi connectivity index (χ4n) is 2.11. The fraction of sp³-hybridized carbons (Fsp3) is 0.333. The lowest BCUT2D eigenvalue weighted by Gasteiger charge is -2.19. The fourth-order valence-corrected chi connectivity index (χ4v) is 3.64. The summed E-state index contributed by atoms with van der Waals surface area (Å²) in [4.78, 5) is 0. The molecule has 0 saturated carbocycles. The van der Waals surface area contributed by atoms with Crippen LogP contribution >= 0.6 is 34.5 Å². The molecule has 2 rings (SSSR count). The van der Waals surface area contributed by atoms with Gasteiger partial charge in [0.2, 0.25) is 0 Å². The molecule has 0 saturated heterocycles. The molecule has 2 nitrogen and oxygen atoms in total. The van der Waals surface area contributed by atoms with E-state index in [0.29, 0.717) is 10.9 Å². The van der Waals surface area contributed by atoms with Crippen LogP contribution < -0.4 is 10.1 Å². The van der Waals surface area contributed by atoms with Crippen LogP contribution in [-0.2, 0) is 0 Å². The molecule has 0 aliphatic heterocycles. The molecule has 20 heavy (non-hydrogen) atoms. The van der Waals surface area contributed by atoms with E-state index >= 15 is 0 Å². The van der Waals surface area contributed by atoms with Gasteiger partial charge in [-0.05, 0) is 37.2 Å². The topological polar surface area (TPSA) is 21.3 Å². The quantitative estimate of drug-likeness (QED) is 0.790. The molecular formula is C15H17Cl2NOS. The zero-order valence-corrected chi connectivity index (χ0v) is 13.8. The summed E-state index contributed by atoms with van der Waals surface area (Å²) in [5.74, 6) is 0.866. The van der Waals surface area contributed by atoms with E-state index in [0.717, 1.165) is 27.8 Å². The van der Waals surface area contributed by atoms with Crippen molar-refractivity contribution in [2.45, 2.75) is 19.9 Å². The van der Waals surface area contributed by atoms with Crippen LogP contribution in [0.1, 0.15) is 31.0 Å². The zero-order valence-electron chi connectivity index (χ0n) is 11.5. The second-order valence-electron chi connectivity index (χ2n) is 4.28. The van der Waals surface area contributed by atoms with Crippen LogP contribution in [0, 0.1) is 0 Å². The number of hydrogen-bond donors (Lipinski definition) is 1. The minimum atomic E-state index is 0.0247. The molecule has 1 heterocycles. The van der Waals surface area contributed by atoms with Gasteiger partial charge in [-0.25, -0.2) is 0 Å². The second kappa shape index (κ2) is 7.32. The Labute approximate surface area is 133 Å². The first-order valence-corrected chi connectivity index (χ1v) is 8.13. The SMILES string of the molecule is CCNC(c1cccc(OCC)c1)c1cc(Cl)sc1Cl. The highest BCUT2D eigenvalue weighted by Crippen LogP contribution is 2.38. The normalized spacial score (nSPS) is 12.4. The van der Waals surface area contributed by atoms with E-state index in [1.54, 1.807) is 0 Å². The molecule has 5 heteroatoms. The van der Waals surface area contributed by atoms with Gasteiger partial charge in [-0.2, -0.15) is 0 Å². The third-order valence-corrected chi connectivity index (χ3v) is 4.42. The Kier molecular flexibility index (Phi) is 5.73. The van der Waals surface area contributed by atoms with Crippen molar-refractivity contribution < 1.29 is 4.74 Å². The maximum Gasteiger partial charge on any atom is 0.119 e. The Morgan fingerprint density at radius 3 is 2.65 bits per heavy atom. The van der Waals surface area contributed by atoms with Crippen molar-refractivity contribution in [2.75, 3.05) is 13.2 Å². The maximum absolute atomic E-state index is 6.29. The third-order valence-electron chi connectivity index (χ3n) is 2.90. The van der Waals surface area contributed by atoms with Gasteiger partial charge in [0.05, 0.1) is 21.3 Å². The van der Waals surface area contributed by atoms with Gasteiger partial charge in [0.25, 0.3) is 0 Å². The zero-order chi connectivity index (χ0) is 14.5. The van der Waals surface area contributed by atoms with Gasteiger partial charge in [0, 0.05) is 5.56 Å². The molecule has 1 aromatic carbocycles. The number of ether oxygens (including phenoxy) is 1. The number of rotatable bonds is 6. The van der Waals surface area contributed by atoms with E-state index in [1.807, 2.05) is 31.2 Å². The maximum atomic E-state index is 6.29. The van der Waals surface area contributed by atoms with Gasteiger partial charge in [-0.3, -0.25) is 0 Å². The van der Waals surface area contributed by atoms with Crippen molar-refractivity contribution in [1.29, 1.82) is 0 Å². The second-order valence-corrected chi connectivity index (χ2v) is 6.56. The van der Waals surface area contributed by atoms with Crippen LogP contribution in [-0.4, -0.2) is 13.2 Å². The van der Waals surface area contributed by atoms with E-state index in [9.17, 15) is 0 Å². The third kappa shape index (κ3) is 3.67. The Morgan fingerprint density at radius 1 is 1.25 bits per heavy atom. The van der Waals surface area contributed by atoms with Crippen LogP contribution in [0.15, 0.2) is 30.3 Å². The van der Waals surface area contributed by atoms with Gasteiger partial charge in [0.1, 0.15) is 5.75 Å². The number of thiophene rings is 1. The van der Waals surface area contributed by atoms with Crippen molar-refractivity contribution in [3.63, 3.8) is 0 Å². The van der Waals surface area contributed by atoms with Gasteiger partial charge < -0.3 is 10.1 Å². The molecule has 0 spiro atoms. The van der Waals surface area contributed by atoms with Crippen molar-refractivity contribution in [2.24, 2.45) is 0 Å². The first-order valence-electron chi connectivity index (χ1n) is 6.56. The summed E-state index contributed by atoms with van der Waals surface area (Å²) < 4.78 is 6.99. The van der Waals surface area contributed by atoms with Crippen molar-refractivity contribution in [1.82, 2.24) is 5.32 Å². The van der Waals surface area contributed by atoms with E-state index < -0.39 is 0 Å². The van der Waals surface area contributed by atoms with E-state index in [2.05, 4.69) is 18.3 Å². The Hall–Kier alpha value is -0.740. The molecule has 0 fully saturated rings. The molecule has 0 amide bonds. The minimum absolute atomic E-state index is 0.0247. The molecule has 2 aromatic rings. The summed E-state index contributed by atoms with van der Waals surface area (Å²) in [5, 5.41) is 3.45. The summed E-state index contributed by atoms with van der Waals surface area (Å²) in [6, 6.07) is 10.0. The highest BCUT2D eigenvalue weighted by molar-refractivity contribution is 7.20. The van der Waals surface area contributed by atoms with Crippen molar-refractivity contribution >= 4 is 34.5 Å². The summed E-state index contributed by atoms with van der Waals surface area (Å²) in [6.07, 6.45) is 0. The highest BCUT2D eigenvalue weighted by Gasteiger charge is 2.19. The predicted octanol–water partition coefficient (Wildman–Crippen LogP) is 5.15. The van der Waals surface area contributed by atoms with Gasteiger partial charge in [-0.1, -0.05) is 42.3 Å². The summed E-state index contributed by atoms with van der Waals surface area (Å²) in [6.45, 7) is 5.54. The van der Waals surface area contributed by atoms with Crippen LogP contribution in [0.3, 0.4) is 0 Å². The Morgan fingerprint density at radius 2 is 2.05 bits per heavy atom. The lowest BCUT2D eigenvalue weighted by molar-refractivity contribution is 0.339. The minimum Gasteiger partial charge on any atom is -0.494 e. The van der Waals surface area contributed by atoms with Gasteiger partial charge in [0.15, 0.2) is 0 Å². The highest BCUT2D eigenvalue weighted by atomic mass is 35.5. The smallest absolute Gasteiger partial charge is 0.119 e. The molecular weight excluding hydrogens is 313 g/mol. The van der Waals surface area contributed by atoms with E-state index in [1.165, 1.54) is 11.3 Å². The van der Waals surface area contributed by atoms with E-state index in [4.69, 9.17) is 27.9 Å². The summed E-state index contributed by atoms with van der Waals surface area (Å²) in [5.41, 5.74) is 2.13. The summed E-state index contributed by atoms with van der Waals surface area (Å²) >= 11 is 13.7. The molecule has 0 bridgehead atoms. The van der Waals surface area contributed by atoms with Crippen LogP contribution in [0.25, 0.3) is 0 Å². The number of nitrogens with one attached hydrogen (secondary N) is 1. The number of hydrogen-bond acceptors (Lipinski definition) is 3. The van der Waals surface area contributed by atoms with Gasteiger partial charge in [-0.15, -0.1) is 11.3 Å². The lowest BCUT2D eigenvalue weighted by Crippen LogP contribution is -2.21. The monoisotopic (exact) mass is 329 g/mol. The summed E-state index contributed by atoms with van der Waals surface area (Å²) in [7, 11) is 0. The van der Waals surface area contributed by atoms with Crippen molar-refractivity contribution in [3.8, 4) is 5.75 Å².